The first-order chi connectivity index (χ1) is 5.25. The summed E-state index contributed by atoms with van der Waals surface area (Å²) in [5.41, 5.74) is 7.15. The molecule has 0 fully saturated rings. The van der Waals surface area contributed by atoms with Crippen molar-refractivity contribution in [1.29, 1.82) is 0 Å². The lowest BCUT2D eigenvalue weighted by Crippen LogP contribution is -2.62. The van der Waals surface area contributed by atoms with Crippen LogP contribution in [0, 0.1) is 0 Å². The Hall–Kier alpha value is -0.560. The van der Waals surface area contributed by atoms with Gasteiger partial charge in [-0.15, -0.1) is 0 Å². The minimum Gasteiger partial charge on any atom is -0.351 e. The quantitative estimate of drug-likeness (QED) is 0.592. The van der Waals surface area contributed by atoms with Gasteiger partial charge in [0.1, 0.15) is 6.04 Å². The van der Waals surface area contributed by atoms with E-state index in [1.807, 2.05) is 0 Å². The summed E-state index contributed by atoms with van der Waals surface area (Å²) in [4.78, 5) is 0. The van der Waals surface area contributed by atoms with Gasteiger partial charge in [-0.3, -0.25) is 0 Å². The van der Waals surface area contributed by atoms with Gasteiger partial charge in [-0.25, -0.2) is 0 Å². The summed E-state index contributed by atoms with van der Waals surface area (Å²) in [6, 6.07) is 0.542. The van der Waals surface area contributed by atoms with Crippen LogP contribution in [0.3, 0.4) is 0 Å². The first-order valence-electron chi connectivity index (χ1n) is 4.41. The molecule has 0 saturated heterocycles. The maximum atomic E-state index is 4.14. The van der Waals surface area contributed by atoms with Gasteiger partial charge in [0.05, 0.1) is 0 Å². The molecule has 62 valence electrons. The molecule has 0 aromatic heterocycles. The maximum absolute atomic E-state index is 4.14. The van der Waals surface area contributed by atoms with Crippen molar-refractivity contribution in [3.63, 3.8) is 0 Å². The van der Waals surface area contributed by atoms with Gasteiger partial charge in [0.2, 0.25) is 0 Å². The van der Waals surface area contributed by atoms with E-state index in [0.29, 0.717) is 6.04 Å². The van der Waals surface area contributed by atoms with Crippen molar-refractivity contribution in [2.45, 2.75) is 39.2 Å². The Bertz CT molecular complexity index is 189. The second-order valence-corrected chi connectivity index (χ2v) is 3.32. The summed E-state index contributed by atoms with van der Waals surface area (Å²) >= 11 is 0. The van der Waals surface area contributed by atoms with Gasteiger partial charge < -0.3 is 5.73 Å². The molecule has 0 radical (unpaired) electrons. The minimum atomic E-state index is 0.542. The fourth-order valence-electron chi connectivity index (χ4n) is 1.72. The molecular formula is C10H18N+. The maximum Gasteiger partial charge on any atom is 0.110 e. The molecule has 11 heavy (non-hydrogen) atoms. The molecule has 0 spiro atoms. The first-order valence-corrected chi connectivity index (χ1v) is 4.41. The van der Waals surface area contributed by atoms with Crippen molar-refractivity contribution in [3.05, 3.63) is 23.3 Å². The summed E-state index contributed by atoms with van der Waals surface area (Å²) in [5.74, 6) is 0. The van der Waals surface area contributed by atoms with Crippen LogP contribution in [0.15, 0.2) is 23.3 Å². The van der Waals surface area contributed by atoms with Crippen molar-refractivity contribution < 1.29 is 5.73 Å². The van der Waals surface area contributed by atoms with E-state index in [0.717, 1.165) is 0 Å². The molecule has 0 aromatic rings. The molecular weight excluding hydrogens is 134 g/mol. The average molecular weight is 152 g/mol. The van der Waals surface area contributed by atoms with E-state index < -0.39 is 0 Å². The third kappa shape index (κ3) is 1.93. The van der Waals surface area contributed by atoms with Gasteiger partial charge in [0.15, 0.2) is 0 Å². The van der Waals surface area contributed by atoms with Crippen LogP contribution in [0.4, 0.5) is 0 Å². The molecule has 1 heteroatoms. The Morgan fingerprint density at radius 2 is 2.27 bits per heavy atom. The molecule has 0 amide bonds. The summed E-state index contributed by atoms with van der Waals surface area (Å²) in [6.45, 7) is 4.30. The number of quaternary nitrogens is 1. The average Bonchev–Trinajstić information content (AvgIpc) is 1.97. The van der Waals surface area contributed by atoms with Crippen LogP contribution in [-0.4, -0.2) is 6.04 Å². The zero-order chi connectivity index (χ0) is 8.27. The lowest BCUT2D eigenvalue weighted by molar-refractivity contribution is -0.408. The van der Waals surface area contributed by atoms with Crippen molar-refractivity contribution >= 4 is 0 Å². The van der Waals surface area contributed by atoms with Crippen LogP contribution in [0.1, 0.15) is 33.1 Å². The van der Waals surface area contributed by atoms with E-state index in [2.05, 4.69) is 31.7 Å². The lowest BCUT2D eigenvalue weighted by Gasteiger charge is -2.18. The topological polar surface area (TPSA) is 27.6 Å². The lowest BCUT2D eigenvalue weighted by atomic mass is 9.89. The highest BCUT2D eigenvalue weighted by atomic mass is 14.6. The highest BCUT2D eigenvalue weighted by molar-refractivity contribution is 5.29. The molecule has 1 aliphatic rings. The molecule has 1 rings (SSSR count). The fraction of sp³-hybridized carbons (Fsp3) is 0.600. The van der Waals surface area contributed by atoms with Gasteiger partial charge in [0.25, 0.3) is 0 Å². The summed E-state index contributed by atoms with van der Waals surface area (Å²) in [5, 5.41) is 0. The van der Waals surface area contributed by atoms with Gasteiger partial charge in [-0.2, -0.15) is 0 Å². The van der Waals surface area contributed by atoms with Crippen LogP contribution in [-0.2, 0) is 0 Å². The van der Waals surface area contributed by atoms with Crippen LogP contribution in [0.25, 0.3) is 0 Å². The minimum absolute atomic E-state index is 0.542. The summed E-state index contributed by atoms with van der Waals surface area (Å²) < 4.78 is 0. The van der Waals surface area contributed by atoms with Gasteiger partial charge in [0, 0.05) is 12.0 Å². The summed E-state index contributed by atoms with van der Waals surface area (Å²) in [6.07, 6.45) is 8.18. The number of allylic oxidation sites excluding steroid dienone is 2. The molecule has 0 aliphatic heterocycles. The third-order valence-electron chi connectivity index (χ3n) is 2.38. The van der Waals surface area contributed by atoms with E-state index in [1.54, 1.807) is 0 Å². The molecule has 0 unspecified atom stereocenters. The SMILES string of the molecule is C/C=C\C1=C(C)CCC[C@@H]1[NH3+]. The third-order valence-corrected chi connectivity index (χ3v) is 2.38. The van der Waals surface area contributed by atoms with Crippen LogP contribution in [0.5, 0.6) is 0 Å². The highest BCUT2D eigenvalue weighted by Crippen LogP contribution is 2.23. The van der Waals surface area contributed by atoms with Crippen LogP contribution >= 0.6 is 0 Å². The second kappa shape index (κ2) is 3.72. The van der Waals surface area contributed by atoms with Gasteiger partial charge in [-0.1, -0.05) is 17.7 Å². The Morgan fingerprint density at radius 3 is 2.82 bits per heavy atom. The van der Waals surface area contributed by atoms with Crippen molar-refractivity contribution in [3.8, 4) is 0 Å². The van der Waals surface area contributed by atoms with Gasteiger partial charge >= 0.3 is 0 Å². The number of hydrogen-bond acceptors (Lipinski definition) is 0. The van der Waals surface area contributed by atoms with E-state index in [1.165, 1.54) is 30.4 Å². The smallest absolute Gasteiger partial charge is 0.110 e. The fourth-order valence-corrected chi connectivity index (χ4v) is 1.72. The highest BCUT2D eigenvalue weighted by Gasteiger charge is 2.17. The molecule has 0 saturated carbocycles. The molecule has 0 bridgehead atoms. The van der Waals surface area contributed by atoms with Crippen molar-refractivity contribution in [2.75, 3.05) is 0 Å². The van der Waals surface area contributed by atoms with E-state index in [-0.39, 0.29) is 0 Å². The van der Waals surface area contributed by atoms with Gasteiger partial charge in [-0.05, 0) is 26.7 Å². The monoisotopic (exact) mass is 152 g/mol. The van der Waals surface area contributed by atoms with E-state index >= 15 is 0 Å². The largest absolute Gasteiger partial charge is 0.351 e. The van der Waals surface area contributed by atoms with E-state index in [4.69, 9.17) is 0 Å². The van der Waals surface area contributed by atoms with Crippen molar-refractivity contribution in [2.24, 2.45) is 0 Å². The predicted molar refractivity (Wildman–Crippen MR) is 48.0 cm³/mol. The Labute approximate surface area is 69.0 Å². The zero-order valence-electron chi connectivity index (χ0n) is 7.56. The summed E-state index contributed by atoms with van der Waals surface area (Å²) in [7, 11) is 0. The molecule has 0 aromatic carbocycles. The number of rotatable bonds is 1. The zero-order valence-corrected chi connectivity index (χ0v) is 7.56. The molecule has 3 N–H and O–H groups in total. The predicted octanol–water partition coefficient (Wildman–Crippen LogP) is 1.67. The normalized spacial score (nSPS) is 26.6. The molecule has 1 atom stereocenters. The van der Waals surface area contributed by atoms with Crippen molar-refractivity contribution in [1.82, 2.24) is 0 Å². The van der Waals surface area contributed by atoms with Crippen LogP contribution in [0.2, 0.25) is 0 Å². The number of hydrogen-bond donors (Lipinski definition) is 1. The first kappa shape index (κ1) is 8.54. The Balaban J connectivity index is 2.82. The Kier molecular flexibility index (Phi) is 2.89. The molecule has 1 aliphatic carbocycles. The molecule has 1 nitrogen and oxygen atoms in total. The van der Waals surface area contributed by atoms with E-state index in [9.17, 15) is 0 Å². The Morgan fingerprint density at radius 1 is 1.55 bits per heavy atom. The standard InChI is InChI=1S/C10H17N/c1-3-5-9-8(2)6-4-7-10(9)11/h3,5,10H,4,6-7,11H2,1-2H3/p+1/b5-3-/t10-/m0/s1. The second-order valence-electron chi connectivity index (χ2n) is 3.32. The van der Waals surface area contributed by atoms with Crippen LogP contribution < -0.4 is 5.73 Å². The molecule has 0 heterocycles.